The highest BCUT2D eigenvalue weighted by atomic mass is 16.7. The van der Waals surface area contributed by atoms with Gasteiger partial charge in [-0.2, -0.15) is 0 Å². The van der Waals surface area contributed by atoms with E-state index >= 15 is 0 Å². The first-order valence-corrected chi connectivity index (χ1v) is 5.61. The van der Waals surface area contributed by atoms with Crippen molar-refractivity contribution in [3.05, 3.63) is 0 Å². The average molecular weight is 200 g/mol. The Labute approximate surface area is 88.0 Å². The van der Waals surface area contributed by atoms with Crippen molar-refractivity contribution in [2.75, 3.05) is 13.2 Å². The molecule has 84 valence electrons. The molecular weight excluding hydrogens is 176 g/mol. The molecule has 0 aromatic carbocycles. The molecule has 1 rings (SSSR count). The van der Waals surface area contributed by atoms with Gasteiger partial charge in [0.1, 0.15) is 0 Å². The van der Waals surface area contributed by atoms with Gasteiger partial charge >= 0.3 is 0 Å². The van der Waals surface area contributed by atoms with Gasteiger partial charge in [-0.15, -0.1) is 0 Å². The summed E-state index contributed by atoms with van der Waals surface area (Å²) in [6, 6.07) is 0. The molecule has 0 aromatic heterocycles. The number of hydrogen-bond acceptors (Lipinski definition) is 2. The zero-order valence-electron chi connectivity index (χ0n) is 10.2. The van der Waals surface area contributed by atoms with Crippen molar-refractivity contribution in [3.63, 3.8) is 0 Å². The summed E-state index contributed by atoms with van der Waals surface area (Å²) >= 11 is 0. The van der Waals surface area contributed by atoms with Gasteiger partial charge in [0.2, 0.25) is 0 Å². The maximum Gasteiger partial charge on any atom is 0.162 e. The lowest BCUT2D eigenvalue weighted by Crippen LogP contribution is -2.34. The first kappa shape index (κ1) is 12.0. The van der Waals surface area contributed by atoms with Crippen molar-refractivity contribution in [1.29, 1.82) is 0 Å². The fourth-order valence-corrected chi connectivity index (χ4v) is 2.25. The van der Waals surface area contributed by atoms with E-state index in [1.807, 2.05) is 0 Å². The van der Waals surface area contributed by atoms with Gasteiger partial charge in [0.15, 0.2) is 6.29 Å². The molecule has 1 fully saturated rings. The summed E-state index contributed by atoms with van der Waals surface area (Å²) in [7, 11) is 0. The van der Waals surface area contributed by atoms with Gasteiger partial charge in [0, 0.05) is 5.41 Å². The minimum Gasteiger partial charge on any atom is -0.350 e. The summed E-state index contributed by atoms with van der Waals surface area (Å²) in [5.41, 5.74) is 0.495. The van der Waals surface area contributed by atoms with Crippen LogP contribution in [0.4, 0.5) is 0 Å². The van der Waals surface area contributed by atoms with Crippen LogP contribution in [-0.4, -0.2) is 19.5 Å². The summed E-state index contributed by atoms with van der Waals surface area (Å²) in [5.74, 6) is 0. The third-order valence-electron chi connectivity index (χ3n) is 3.15. The molecule has 0 spiro atoms. The molecule has 0 unspecified atom stereocenters. The quantitative estimate of drug-likeness (QED) is 0.693. The normalized spacial score (nSPS) is 20.4. The van der Waals surface area contributed by atoms with Crippen LogP contribution in [0.5, 0.6) is 0 Å². The smallest absolute Gasteiger partial charge is 0.162 e. The molecule has 1 heterocycles. The van der Waals surface area contributed by atoms with Crippen molar-refractivity contribution in [1.82, 2.24) is 0 Å². The van der Waals surface area contributed by atoms with Crippen LogP contribution in [-0.2, 0) is 9.47 Å². The van der Waals surface area contributed by atoms with Crippen molar-refractivity contribution in [2.45, 2.75) is 53.8 Å². The van der Waals surface area contributed by atoms with E-state index in [9.17, 15) is 0 Å². The van der Waals surface area contributed by atoms with Gasteiger partial charge < -0.3 is 9.47 Å². The third kappa shape index (κ3) is 2.96. The number of ether oxygens (including phenoxy) is 2. The second kappa shape index (κ2) is 4.19. The Morgan fingerprint density at radius 2 is 1.57 bits per heavy atom. The highest BCUT2D eigenvalue weighted by Gasteiger charge is 2.38. The highest BCUT2D eigenvalue weighted by molar-refractivity contribution is 4.82. The Balaban J connectivity index is 2.55. The molecule has 2 nitrogen and oxygen atoms in total. The fourth-order valence-electron chi connectivity index (χ4n) is 2.25. The topological polar surface area (TPSA) is 18.5 Å². The van der Waals surface area contributed by atoms with E-state index in [4.69, 9.17) is 9.47 Å². The second-order valence-electron chi connectivity index (χ2n) is 5.76. The molecule has 0 bridgehead atoms. The van der Waals surface area contributed by atoms with Crippen molar-refractivity contribution < 1.29 is 9.47 Å². The molecule has 0 aliphatic carbocycles. The highest BCUT2D eigenvalue weighted by Crippen LogP contribution is 2.40. The Bertz CT molecular complexity index is 179. The van der Waals surface area contributed by atoms with Crippen LogP contribution in [0.2, 0.25) is 0 Å². The minimum atomic E-state index is -0.00618. The Kier molecular flexibility index (Phi) is 3.59. The Hall–Kier alpha value is -0.0800. The van der Waals surface area contributed by atoms with Gasteiger partial charge in [-0.05, 0) is 11.8 Å². The maximum atomic E-state index is 5.59. The molecule has 1 aliphatic rings. The monoisotopic (exact) mass is 200 g/mol. The molecule has 1 aliphatic heterocycles. The standard InChI is InChI=1S/C12H24O2/c1-6-11(2,3)9-12(4,5)10-13-7-8-14-10/h10H,6-9H2,1-5H3. The largest absolute Gasteiger partial charge is 0.350 e. The van der Waals surface area contributed by atoms with E-state index in [1.165, 1.54) is 6.42 Å². The average Bonchev–Trinajstić information content (AvgIpc) is 2.54. The van der Waals surface area contributed by atoms with Crippen molar-refractivity contribution >= 4 is 0 Å². The lowest BCUT2D eigenvalue weighted by molar-refractivity contribution is -0.132. The van der Waals surface area contributed by atoms with E-state index in [0.717, 1.165) is 19.6 Å². The maximum absolute atomic E-state index is 5.59. The number of rotatable bonds is 4. The molecule has 0 radical (unpaired) electrons. The van der Waals surface area contributed by atoms with E-state index in [0.29, 0.717) is 5.41 Å². The van der Waals surface area contributed by atoms with Crippen molar-refractivity contribution in [3.8, 4) is 0 Å². The zero-order chi connectivity index (χ0) is 10.8. The molecule has 14 heavy (non-hydrogen) atoms. The lowest BCUT2D eigenvalue weighted by atomic mass is 9.73. The SMILES string of the molecule is CCC(C)(C)CC(C)(C)C1OCCO1. The van der Waals surface area contributed by atoms with Crippen LogP contribution >= 0.6 is 0 Å². The predicted molar refractivity (Wildman–Crippen MR) is 58.2 cm³/mol. The lowest BCUT2D eigenvalue weighted by Gasteiger charge is -2.37. The second-order valence-corrected chi connectivity index (χ2v) is 5.76. The van der Waals surface area contributed by atoms with Crippen LogP contribution in [0.1, 0.15) is 47.5 Å². The van der Waals surface area contributed by atoms with Crippen LogP contribution in [0, 0.1) is 10.8 Å². The van der Waals surface area contributed by atoms with Crippen molar-refractivity contribution in [2.24, 2.45) is 10.8 Å². The Morgan fingerprint density at radius 3 is 2.00 bits per heavy atom. The first-order valence-electron chi connectivity index (χ1n) is 5.61. The summed E-state index contributed by atoms with van der Waals surface area (Å²) in [6.45, 7) is 12.8. The summed E-state index contributed by atoms with van der Waals surface area (Å²) in [6.07, 6.45) is 2.33. The molecule has 0 saturated carbocycles. The van der Waals surface area contributed by atoms with Gasteiger partial charge in [0.25, 0.3) is 0 Å². The third-order valence-corrected chi connectivity index (χ3v) is 3.15. The molecule has 0 aromatic rings. The summed E-state index contributed by atoms with van der Waals surface area (Å²) < 4.78 is 11.2. The summed E-state index contributed by atoms with van der Waals surface area (Å²) in [4.78, 5) is 0. The van der Waals surface area contributed by atoms with E-state index < -0.39 is 0 Å². The van der Waals surface area contributed by atoms with Crippen LogP contribution in [0.15, 0.2) is 0 Å². The molecular formula is C12H24O2. The van der Waals surface area contributed by atoms with E-state index in [-0.39, 0.29) is 11.7 Å². The zero-order valence-corrected chi connectivity index (χ0v) is 10.2. The van der Waals surface area contributed by atoms with E-state index in [2.05, 4.69) is 34.6 Å². The van der Waals surface area contributed by atoms with Gasteiger partial charge in [-0.1, -0.05) is 41.0 Å². The van der Waals surface area contributed by atoms with E-state index in [1.54, 1.807) is 0 Å². The molecule has 0 N–H and O–H groups in total. The summed E-state index contributed by atoms with van der Waals surface area (Å²) in [5, 5.41) is 0. The minimum absolute atomic E-state index is 0.00618. The molecule has 0 amide bonds. The van der Waals surface area contributed by atoms with Gasteiger partial charge in [-0.3, -0.25) is 0 Å². The van der Waals surface area contributed by atoms with Crippen LogP contribution in [0.25, 0.3) is 0 Å². The molecule has 0 atom stereocenters. The van der Waals surface area contributed by atoms with Gasteiger partial charge in [-0.25, -0.2) is 0 Å². The van der Waals surface area contributed by atoms with Crippen LogP contribution < -0.4 is 0 Å². The predicted octanol–water partition coefficient (Wildman–Crippen LogP) is 3.21. The Morgan fingerprint density at radius 1 is 1.07 bits per heavy atom. The van der Waals surface area contributed by atoms with Gasteiger partial charge in [0.05, 0.1) is 13.2 Å². The first-order chi connectivity index (χ1) is 6.37. The molecule has 2 heteroatoms. The van der Waals surface area contributed by atoms with Crippen LogP contribution in [0.3, 0.4) is 0 Å². The number of hydrogen-bond donors (Lipinski definition) is 0. The fraction of sp³-hybridized carbons (Fsp3) is 1.00. The molecule has 1 saturated heterocycles.